The summed E-state index contributed by atoms with van der Waals surface area (Å²) in [5, 5.41) is 12.6. The predicted molar refractivity (Wildman–Crippen MR) is 88.9 cm³/mol. The van der Waals surface area contributed by atoms with Crippen LogP contribution in [-0.4, -0.2) is 23.2 Å². The summed E-state index contributed by atoms with van der Waals surface area (Å²) in [5.74, 6) is 0.899. The van der Waals surface area contributed by atoms with E-state index in [2.05, 4.69) is 29.4 Å². The van der Waals surface area contributed by atoms with E-state index in [4.69, 9.17) is 4.74 Å². The SMILES string of the molecule is CCC(CC)c1nnc(NC(=O)c2ccc(C)c(OC)c2)s1. The van der Waals surface area contributed by atoms with Crippen LogP contribution in [-0.2, 0) is 0 Å². The molecule has 0 atom stereocenters. The van der Waals surface area contributed by atoms with E-state index in [0.717, 1.165) is 23.4 Å². The van der Waals surface area contributed by atoms with Crippen molar-refractivity contribution in [1.29, 1.82) is 0 Å². The molecule has 0 spiro atoms. The molecule has 1 aromatic heterocycles. The molecule has 1 amide bonds. The molecule has 6 heteroatoms. The Kier molecular flexibility index (Phi) is 5.49. The van der Waals surface area contributed by atoms with Gasteiger partial charge in [-0.2, -0.15) is 0 Å². The topological polar surface area (TPSA) is 64.1 Å². The molecule has 0 radical (unpaired) electrons. The van der Waals surface area contributed by atoms with Crippen LogP contribution in [0.25, 0.3) is 0 Å². The highest BCUT2D eigenvalue weighted by Gasteiger charge is 2.15. The monoisotopic (exact) mass is 319 g/mol. The smallest absolute Gasteiger partial charge is 0.257 e. The summed E-state index contributed by atoms with van der Waals surface area (Å²) in [5.41, 5.74) is 1.53. The lowest BCUT2D eigenvalue weighted by molar-refractivity contribution is 0.102. The Balaban J connectivity index is 2.12. The standard InChI is InChI=1S/C16H21N3O2S/c1-5-11(6-2)15-18-19-16(22-15)17-14(20)12-8-7-10(3)13(9-12)21-4/h7-9,11H,5-6H2,1-4H3,(H,17,19,20). The van der Waals surface area contributed by atoms with Crippen molar-refractivity contribution in [2.24, 2.45) is 0 Å². The van der Waals surface area contributed by atoms with Crippen molar-refractivity contribution in [2.45, 2.75) is 39.5 Å². The minimum atomic E-state index is -0.203. The maximum absolute atomic E-state index is 12.3. The number of methoxy groups -OCH3 is 1. The van der Waals surface area contributed by atoms with E-state index >= 15 is 0 Å². The fourth-order valence-corrected chi connectivity index (χ4v) is 3.22. The zero-order valence-electron chi connectivity index (χ0n) is 13.3. The second-order valence-electron chi connectivity index (χ2n) is 5.10. The molecule has 5 nitrogen and oxygen atoms in total. The third-order valence-electron chi connectivity index (χ3n) is 3.67. The lowest BCUT2D eigenvalue weighted by atomic mass is 10.1. The van der Waals surface area contributed by atoms with Crippen molar-refractivity contribution in [3.8, 4) is 5.75 Å². The molecule has 1 heterocycles. The number of anilines is 1. The van der Waals surface area contributed by atoms with Gasteiger partial charge in [0, 0.05) is 11.5 Å². The zero-order valence-corrected chi connectivity index (χ0v) is 14.2. The van der Waals surface area contributed by atoms with E-state index in [-0.39, 0.29) is 5.91 Å². The summed E-state index contributed by atoms with van der Waals surface area (Å²) in [4.78, 5) is 12.3. The van der Waals surface area contributed by atoms with Crippen LogP contribution in [0.15, 0.2) is 18.2 Å². The lowest BCUT2D eigenvalue weighted by Crippen LogP contribution is -2.12. The number of hydrogen-bond donors (Lipinski definition) is 1. The van der Waals surface area contributed by atoms with Crippen molar-refractivity contribution < 1.29 is 9.53 Å². The highest BCUT2D eigenvalue weighted by Crippen LogP contribution is 2.28. The van der Waals surface area contributed by atoms with Gasteiger partial charge in [-0.15, -0.1) is 10.2 Å². The van der Waals surface area contributed by atoms with Crippen LogP contribution in [0.2, 0.25) is 0 Å². The molecule has 0 aliphatic carbocycles. The molecule has 0 fully saturated rings. The van der Waals surface area contributed by atoms with E-state index in [1.165, 1.54) is 11.3 Å². The fraction of sp³-hybridized carbons (Fsp3) is 0.438. The summed E-state index contributed by atoms with van der Waals surface area (Å²) in [6, 6.07) is 5.37. The van der Waals surface area contributed by atoms with Crippen LogP contribution in [0.3, 0.4) is 0 Å². The number of rotatable bonds is 6. The number of aryl methyl sites for hydroxylation is 1. The second-order valence-corrected chi connectivity index (χ2v) is 6.11. The molecule has 2 rings (SSSR count). The van der Waals surface area contributed by atoms with Crippen molar-refractivity contribution in [3.05, 3.63) is 34.3 Å². The van der Waals surface area contributed by atoms with Crippen molar-refractivity contribution in [1.82, 2.24) is 10.2 Å². The van der Waals surface area contributed by atoms with Gasteiger partial charge in [-0.1, -0.05) is 31.3 Å². The van der Waals surface area contributed by atoms with Crippen molar-refractivity contribution in [3.63, 3.8) is 0 Å². The molecule has 0 unspecified atom stereocenters. The van der Waals surface area contributed by atoms with Crippen molar-refractivity contribution in [2.75, 3.05) is 12.4 Å². The van der Waals surface area contributed by atoms with Gasteiger partial charge >= 0.3 is 0 Å². The Labute approximate surface area is 134 Å². The van der Waals surface area contributed by atoms with Crippen LogP contribution >= 0.6 is 11.3 Å². The van der Waals surface area contributed by atoms with Gasteiger partial charge in [-0.05, 0) is 37.5 Å². The van der Waals surface area contributed by atoms with E-state index in [1.807, 2.05) is 13.0 Å². The molecule has 1 aromatic carbocycles. The molecule has 0 aliphatic rings. The summed E-state index contributed by atoms with van der Waals surface area (Å²) in [7, 11) is 1.59. The van der Waals surface area contributed by atoms with E-state index < -0.39 is 0 Å². The van der Waals surface area contributed by atoms with Crippen LogP contribution in [0, 0.1) is 6.92 Å². The van der Waals surface area contributed by atoms with Gasteiger partial charge in [-0.3, -0.25) is 10.1 Å². The number of benzene rings is 1. The Bertz CT molecular complexity index is 651. The van der Waals surface area contributed by atoms with Crippen LogP contribution in [0.4, 0.5) is 5.13 Å². The van der Waals surface area contributed by atoms with E-state index in [1.54, 1.807) is 19.2 Å². The maximum Gasteiger partial charge on any atom is 0.257 e. The minimum Gasteiger partial charge on any atom is -0.496 e. The highest BCUT2D eigenvalue weighted by atomic mass is 32.1. The number of nitrogens with zero attached hydrogens (tertiary/aromatic N) is 2. The summed E-state index contributed by atoms with van der Waals surface area (Å²) in [6.45, 7) is 6.20. The van der Waals surface area contributed by atoms with Gasteiger partial charge in [0.05, 0.1) is 7.11 Å². The average molecular weight is 319 g/mol. The van der Waals surface area contributed by atoms with Gasteiger partial charge in [0.25, 0.3) is 5.91 Å². The molecule has 2 aromatic rings. The van der Waals surface area contributed by atoms with Crippen LogP contribution in [0.1, 0.15) is 53.5 Å². The van der Waals surface area contributed by atoms with Gasteiger partial charge in [-0.25, -0.2) is 0 Å². The normalized spacial score (nSPS) is 10.8. The highest BCUT2D eigenvalue weighted by molar-refractivity contribution is 7.15. The zero-order chi connectivity index (χ0) is 16.1. The van der Waals surface area contributed by atoms with Crippen molar-refractivity contribution >= 4 is 22.4 Å². The third-order valence-corrected chi connectivity index (χ3v) is 4.67. The first kappa shape index (κ1) is 16.4. The number of carbonyl (C=O) groups is 1. The molecule has 0 saturated carbocycles. The Morgan fingerprint density at radius 2 is 2.05 bits per heavy atom. The fourth-order valence-electron chi connectivity index (χ4n) is 2.22. The maximum atomic E-state index is 12.3. The Morgan fingerprint density at radius 1 is 1.32 bits per heavy atom. The molecule has 118 valence electrons. The van der Waals surface area contributed by atoms with E-state index in [9.17, 15) is 4.79 Å². The number of nitrogens with one attached hydrogen (secondary N) is 1. The van der Waals surface area contributed by atoms with Crippen LogP contribution in [0.5, 0.6) is 5.75 Å². The first-order valence-corrected chi connectivity index (χ1v) is 8.20. The number of carbonyl (C=O) groups excluding carboxylic acids is 1. The summed E-state index contributed by atoms with van der Waals surface area (Å²) in [6.07, 6.45) is 2.04. The molecule has 22 heavy (non-hydrogen) atoms. The number of ether oxygens (including phenoxy) is 1. The summed E-state index contributed by atoms with van der Waals surface area (Å²) < 4.78 is 5.25. The number of amides is 1. The Hall–Kier alpha value is -1.95. The molecular weight excluding hydrogens is 298 g/mol. The minimum absolute atomic E-state index is 0.203. The molecule has 0 aliphatic heterocycles. The largest absolute Gasteiger partial charge is 0.496 e. The van der Waals surface area contributed by atoms with Gasteiger partial charge < -0.3 is 4.74 Å². The van der Waals surface area contributed by atoms with Gasteiger partial charge in [0.2, 0.25) is 5.13 Å². The average Bonchev–Trinajstić information content (AvgIpc) is 2.97. The number of aromatic nitrogens is 2. The Morgan fingerprint density at radius 3 is 2.68 bits per heavy atom. The van der Waals surface area contributed by atoms with Gasteiger partial charge in [0.1, 0.15) is 10.8 Å². The molecule has 1 N–H and O–H groups in total. The first-order chi connectivity index (χ1) is 10.6. The first-order valence-electron chi connectivity index (χ1n) is 7.38. The predicted octanol–water partition coefficient (Wildman–Crippen LogP) is 4.01. The molecular formula is C16H21N3O2S. The quantitative estimate of drug-likeness (QED) is 0.873. The molecule has 0 bridgehead atoms. The number of hydrogen-bond acceptors (Lipinski definition) is 5. The van der Waals surface area contributed by atoms with Crippen LogP contribution < -0.4 is 10.1 Å². The summed E-state index contributed by atoms with van der Waals surface area (Å²) >= 11 is 1.44. The van der Waals surface area contributed by atoms with E-state index in [0.29, 0.717) is 22.4 Å². The second kappa shape index (κ2) is 7.35. The molecule has 0 saturated heterocycles. The lowest BCUT2D eigenvalue weighted by Gasteiger charge is -2.07. The third kappa shape index (κ3) is 3.62. The van der Waals surface area contributed by atoms with Gasteiger partial charge in [0.15, 0.2) is 0 Å².